The summed E-state index contributed by atoms with van der Waals surface area (Å²) in [5.41, 5.74) is 3.40. The van der Waals surface area contributed by atoms with E-state index >= 15 is 0 Å². The SMILES string of the molecule is c1ccc2c(c1)Oc1cc3c4ccccc4n(-c4ccc5sc6ccccc6c5c4)c3cc1O2. The highest BCUT2D eigenvalue weighted by atomic mass is 32.1. The van der Waals surface area contributed by atoms with Gasteiger partial charge in [0.1, 0.15) is 0 Å². The molecule has 5 aromatic carbocycles. The summed E-state index contributed by atoms with van der Waals surface area (Å²) in [4.78, 5) is 0. The van der Waals surface area contributed by atoms with E-state index in [-0.39, 0.29) is 0 Å². The lowest BCUT2D eigenvalue weighted by Crippen LogP contribution is -1.99. The van der Waals surface area contributed by atoms with Crippen molar-refractivity contribution in [1.29, 1.82) is 0 Å². The lowest BCUT2D eigenvalue weighted by molar-refractivity contribution is 0.360. The zero-order chi connectivity index (χ0) is 22.2. The smallest absolute Gasteiger partial charge is 0.172 e. The largest absolute Gasteiger partial charge is 0.449 e. The number of ether oxygens (including phenoxy) is 2. The van der Waals surface area contributed by atoms with Crippen molar-refractivity contribution in [3.8, 4) is 28.7 Å². The van der Waals surface area contributed by atoms with Crippen LogP contribution < -0.4 is 9.47 Å². The van der Waals surface area contributed by atoms with Crippen LogP contribution in [0.5, 0.6) is 23.0 Å². The summed E-state index contributed by atoms with van der Waals surface area (Å²) < 4.78 is 17.4. The number of rotatable bonds is 1. The Balaban J connectivity index is 1.43. The molecule has 34 heavy (non-hydrogen) atoms. The molecule has 3 nitrogen and oxygen atoms in total. The van der Waals surface area contributed by atoms with E-state index in [0.29, 0.717) is 0 Å². The summed E-state index contributed by atoms with van der Waals surface area (Å²) >= 11 is 1.84. The molecule has 160 valence electrons. The molecular formula is C30H17NO2S. The summed E-state index contributed by atoms with van der Waals surface area (Å²) in [5.74, 6) is 2.96. The Hall–Kier alpha value is -4.28. The van der Waals surface area contributed by atoms with Crippen LogP contribution in [0.25, 0.3) is 47.7 Å². The van der Waals surface area contributed by atoms with E-state index in [9.17, 15) is 0 Å². The maximum Gasteiger partial charge on any atom is 0.172 e. The maximum atomic E-state index is 6.25. The minimum absolute atomic E-state index is 0.734. The molecule has 0 fully saturated rings. The van der Waals surface area contributed by atoms with Gasteiger partial charge in [-0.05, 0) is 48.5 Å². The van der Waals surface area contributed by atoms with Crippen LogP contribution in [0.15, 0.2) is 103 Å². The number of hydrogen-bond donors (Lipinski definition) is 0. The Labute approximate surface area is 199 Å². The number of benzene rings is 5. The van der Waals surface area contributed by atoms with Crippen molar-refractivity contribution in [3.63, 3.8) is 0 Å². The van der Waals surface area contributed by atoms with Crippen molar-refractivity contribution in [3.05, 3.63) is 103 Å². The molecule has 0 saturated heterocycles. The van der Waals surface area contributed by atoms with Crippen molar-refractivity contribution < 1.29 is 9.47 Å². The van der Waals surface area contributed by atoms with Gasteiger partial charge in [-0.1, -0.05) is 48.5 Å². The lowest BCUT2D eigenvalue weighted by atomic mass is 10.1. The highest BCUT2D eigenvalue weighted by Gasteiger charge is 2.22. The Kier molecular flexibility index (Phi) is 3.54. The lowest BCUT2D eigenvalue weighted by Gasteiger charge is -2.20. The molecule has 0 N–H and O–H groups in total. The van der Waals surface area contributed by atoms with Gasteiger partial charge < -0.3 is 14.0 Å². The number of thiophene rings is 1. The van der Waals surface area contributed by atoms with Crippen molar-refractivity contribution in [1.82, 2.24) is 4.57 Å². The van der Waals surface area contributed by atoms with E-state index in [1.807, 2.05) is 35.6 Å². The third kappa shape index (κ3) is 2.46. The van der Waals surface area contributed by atoms with Crippen LogP contribution in [0.1, 0.15) is 0 Å². The summed E-state index contributed by atoms with van der Waals surface area (Å²) in [6.07, 6.45) is 0. The van der Waals surface area contributed by atoms with Crippen LogP contribution in [-0.4, -0.2) is 4.57 Å². The molecule has 0 unspecified atom stereocenters. The van der Waals surface area contributed by atoms with Gasteiger partial charge in [0.05, 0.1) is 11.0 Å². The van der Waals surface area contributed by atoms with E-state index in [4.69, 9.17) is 9.47 Å². The number of nitrogens with zero attached hydrogens (tertiary/aromatic N) is 1. The predicted octanol–water partition coefficient (Wildman–Crippen LogP) is 9.05. The Morgan fingerprint density at radius 1 is 0.471 bits per heavy atom. The van der Waals surface area contributed by atoms with Crippen molar-refractivity contribution in [2.24, 2.45) is 0 Å². The third-order valence-corrected chi connectivity index (χ3v) is 7.80. The normalized spacial score (nSPS) is 12.6. The highest BCUT2D eigenvalue weighted by Crippen LogP contribution is 2.48. The van der Waals surface area contributed by atoms with Crippen LogP contribution in [0.4, 0.5) is 0 Å². The molecule has 1 aliphatic heterocycles. The highest BCUT2D eigenvalue weighted by molar-refractivity contribution is 7.25. The zero-order valence-corrected chi connectivity index (χ0v) is 18.8. The molecule has 8 rings (SSSR count). The van der Waals surface area contributed by atoms with Crippen molar-refractivity contribution in [2.45, 2.75) is 0 Å². The second-order valence-electron chi connectivity index (χ2n) is 8.60. The van der Waals surface area contributed by atoms with Gasteiger partial charge in [0.15, 0.2) is 23.0 Å². The molecule has 0 bridgehead atoms. The Bertz CT molecular complexity index is 1930. The quantitative estimate of drug-likeness (QED) is 0.246. The van der Waals surface area contributed by atoms with Crippen molar-refractivity contribution in [2.75, 3.05) is 0 Å². The number of para-hydroxylation sites is 3. The Morgan fingerprint density at radius 2 is 1.15 bits per heavy atom. The van der Waals surface area contributed by atoms with E-state index in [1.54, 1.807) is 0 Å². The van der Waals surface area contributed by atoms with Gasteiger partial charge in [-0.2, -0.15) is 0 Å². The average Bonchev–Trinajstić information content (AvgIpc) is 3.41. The number of hydrogen-bond acceptors (Lipinski definition) is 3. The second-order valence-corrected chi connectivity index (χ2v) is 9.68. The Morgan fingerprint density at radius 3 is 2.00 bits per heavy atom. The first-order valence-corrected chi connectivity index (χ1v) is 12.1. The fourth-order valence-corrected chi connectivity index (χ4v) is 6.21. The molecule has 3 heterocycles. The zero-order valence-electron chi connectivity index (χ0n) is 18.0. The van der Waals surface area contributed by atoms with Gasteiger partial charge in [-0.3, -0.25) is 0 Å². The molecule has 0 amide bonds. The minimum Gasteiger partial charge on any atom is -0.449 e. The first-order chi connectivity index (χ1) is 16.8. The molecule has 0 saturated carbocycles. The number of fused-ring (bicyclic) bond motifs is 8. The van der Waals surface area contributed by atoms with E-state index in [0.717, 1.165) is 45.1 Å². The van der Waals surface area contributed by atoms with Crippen molar-refractivity contribution >= 4 is 53.3 Å². The van der Waals surface area contributed by atoms with Gasteiger partial charge in [0.2, 0.25) is 0 Å². The summed E-state index contributed by atoms with van der Waals surface area (Å²) in [6, 6.07) is 36.0. The van der Waals surface area contributed by atoms with Gasteiger partial charge in [0.25, 0.3) is 0 Å². The van der Waals surface area contributed by atoms with Crippen LogP contribution in [-0.2, 0) is 0 Å². The van der Waals surface area contributed by atoms with E-state index in [1.165, 1.54) is 25.6 Å². The van der Waals surface area contributed by atoms with Gasteiger partial charge in [0, 0.05) is 42.7 Å². The molecule has 0 radical (unpaired) electrons. The van der Waals surface area contributed by atoms with Crippen LogP contribution in [0.3, 0.4) is 0 Å². The summed E-state index contributed by atoms with van der Waals surface area (Å²) in [7, 11) is 0. The summed E-state index contributed by atoms with van der Waals surface area (Å²) in [6.45, 7) is 0. The number of aromatic nitrogens is 1. The molecule has 0 atom stereocenters. The molecule has 1 aliphatic rings. The maximum absolute atomic E-state index is 6.25. The molecule has 7 aromatic rings. The van der Waals surface area contributed by atoms with Gasteiger partial charge >= 0.3 is 0 Å². The fraction of sp³-hybridized carbons (Fsp3) is 0. The first kappa shape index (κ1) is 18.2. The minimum atomic E-state index is 0.734. The first-order valence-electron chi connectivity index (χ1n) is 11.3. The molecule has 0 aliphatic carbocycles. The van der Waals surface area contributed by atoms with Crippen LogP contribution in [0.2, 0.25) is 0 Å². The average molecular weight is 456 g/mol. The van der Waals surface area contributed by atoms with Crippen LogP contribution in [0, 0.1) is 0 Å². The van der Waals surface area contributed by atoms with Crippen LogP contribution >= 0.6 is 11.3 Å². The molecule has 0 spiro atoms. The topological polar surface area (TPSA) is 23.4 Å². The van der Waals surface area contributed by atoms with E-state index < -0.39 is 0 Å². The molecule has 2 aromatic heterocycles. The summed E-state index contributed by atoms with van der Waals surface area (Å²) in [5, 5.41) is 4.93. The molecular weight excluding hydrogens is 438 g/mol. The predicted molar refractivity (Wildman–Crippen MR) is 140 cm³/mol. The standard InChI is InChI=1S/C30H17NO2S/c1-3-9-23-19(7-1)21-16-27-28(33-26-11-5-4-10-25(26)32-27)17-24(21)31(23)18-13-14-30-22(15-18)20-8-2-6-12-29(20)34-30/h1-17H. The second kappa shape index (κ2) is 6.62. The van der Waals surface area contributed by atoms with Gasteiger partial charge in [-0.15, -0.1) is 11.3 Å². The van der Waals surface area contributed by atoms with E-state index in [2.05, 4.69) is 83.4 Å². The monoisotopic (exact) mass is 455 g/mol. The fourth-order valence-electron chi connectivity index (χ4n) is 5.12. The third-order valence-electron chi connectivity index (χ3n) is 6.65. The molecule has 4 heteroatoms. The van der Waals surface area contributed by atoms with Gasteiger partial charge in [-0.25, -0.2) is 0 Å².